The molecule has 0 aromatic heterocycles. The average Bonchev–Trinajstić information content (AvgIpc) is 3.18. The van der Waals surface area contributed by atoms with Crippen molar-refractivity contribution in [2.75, 3.05) is 30.9 Å². The van der Waals surface area contributed by atoms with E-state index in [9.17, 15) is 4.39 Å². The molecular weight excluding hydrogens is 519 g/mol. The number of nitrogens with one attached hydrogen (secondary N) is 1. The molecule has 0 amide bonds. The molecule has 0 saturated heterocycles. The molecule has 1 heterocycles. The van der Waals surface area contributed by atoms with E-state index >= 15 is 0 Å². The van der Waals surface area contributed by atoms with E-state index in [1.807, 2.05) is 13.0 Å². The highest BCUT2D eigenvalue weighted by molar-refractivity contribution is 6.00. The fourth-order valence-electron chi connectivity index (χ4n) is 5.74. The van der Waals surface area contributed by atoms with Gasteiger partial charge in [-0.1, -0.05) is 102 Å². The molecule has 4 heteroatoms. The van der Waals surface area contributed by atoms with Crippen LogP contribution >= 0.6 is 0 Å². The summed E-state index contributed by atoms with van der Waals surface area (Å²) in [6.45, 7) is 12.4. The summed E-state index contributed by atoms with van der Waals surface area (Å²) >= 11 is 0. The summed E-state index contributed by atoms with van der Waals surface area (Å²) in [5, 5.41) is 3.48. The Hall–Kier alpha value is -3.27. The third-order valence-corrected chi connectivity index (χ3v) is 7.97. The molecule has 42 heavy (non-hydrogen) atoms. The number of allylic oxidation sites excluding steroid dienone is 1. The second-order valence-electron chi connectivity index (χ2n) is 11.7. The summed E-state index contributed by atoms with van der Waals surface area (Å²) in [6.07, 6.45) is 10.4. The number of nitrogens with two attached hydrogens (primary N) is 1. The lowest BCUT2D eigenvalue weighted by Gasteiger charge is -2.22. The summed E-state index contributed by atoms with van der Waals surface area (Å²) in [5.74, 6) is 1.91. The first-order valence-corrected chi connectivity index (χ1v) is 16.2. The van der Waals surface area contributed by atoms with E-state index in [-0.39, 0.29) is 6.67 Å². The predicted molar refractivity (Wildman–Crippen MR) is 181 cm³/mol. The van der Waals surface area contributed by atoms with Gasteiger partial charge in [-0.3, -0.25) is 4.39 Å². The largest absolute Gasteiger partial charge is 0.490 e. The van der Waals surface area contributed by atoms with Gasteiger partial charge < -0.3 is 15.8 Å². The van der Waals surface area contributed by atoms with Crippen molar-refractivity contribution in [1.82, 2.24) is 0 Å². The van der Waals surface area contributed by atoms with Crippen LogP contribution in [0.15, 0.2) is 60.7 Å². The van der Waals surface area contributed by atoms with Gasteiger partial charge in [0.15, 0.2) is 0 Å². The number of halogens is 1. The molecule has 0 radical (unpaired) electrons. The minimum absolute atomic E-state index is 0.156. The molecule has 228 valence electrons. The molecule has 5 rings (SSSR count). The van der Waals surface area contributed by atoms with Crippen molar-refractivity contribution in [3.05, 3.63) is 88.5 Å². The maximum atomic E-state index is 11.0. The van der Waals surface area contributed by atoms with Crippen LogP contribution in [0.2, 0.25) is 0 Å². The fourth-order valence-corrected chi connectivity index (χ4v) is 5.74. The molecule has 0 unspecified atom stereocenters. The zero-order chi connectivity index (χ0) is 30.3. The Morgan fingerprint density at radius 1 is 0.881 bits per heavy atom. The van der Waals surface area contributed by atoms with Crippen molar-refractivity contribution in [2.24, 2.45) is 5.92 Å². The first kappa shape index (κ1) is 33.2. The van der Waals surface area contributed by atoms with Crippen LogP contribution in [0, 0.1) is 12.8 Å². The lowest BCUT2D eigenvalue weighted by atomic mass is 9.87. The number of hydrogen-bond acceptors (Lipinski definition) is 3. The molecule has 3 nitrogen and oxygen atoms in total. The number of alkyl halides is 1. The Bertz CT molecular complexity index is 1260. The normalized spacial score (nSPS) is 13.8. The van der Waals surface area contributed by atoms with Crippen LogP contribution in [0.5, 0.6) is 5.75 Å². The number of rotatable bonds is 8. The molecule has 0 bridgehead atoms. The van der Waals surface area contributed by atoms with E-state index in [2.05, 4.69) is 87.6 Å². The first-order valence-electron chi connectivity index (χ1n) is 16.2. The van der Waals surface area contributed by atoms with Gasteiger partial charge in [-0.05, 0) is 96.2 Å². The van der Waals surface area contributed by atoms with Crippen LogP contribution in [0.1, 0.15) is 107 Å². The van der Waals surface area contributed by atoms with Crippen LogP contribution in [0.4, 0.5) is 15.8 Å². The SMILES string of the molecule is CCCC(C)CCC.CCCCF.Cc1ccc(C2=C(c3ccc4c(c3)NCCO4)CCCc3cc(N)ccc32)cc1. The van der Waals surface area contributed by atoms with Gasteiger partial charge in [0.25, 0.3) is 0 Å². The Balaban J connectivity index is 0.000000314. The Kier molecular flexibility index (Phi) is 14.0. The molecule has 0 fully saturated rings. The van der Waals surface area contributed by atoms with Crippen molar-refractivity contribution < 1.29 is 9.13 Å². The van der Waals surface area contributed by atoms with Crippen molar-refractivity contribution in [1.29, 1.82) is 0 Å². The maximum Gasteiger partial charge on any atom is 0.142 e. The summed E-state index contributed by atoms with van der Waals surface area (Å²) < 4.78 is 16.8. The minimum Gasteiger partial charge on any atom is -0.490 e. The van der Waals surface area contributed by atoms with Crippen LogP contribution in [0.3, 0.4) is 0 Å². The topological polar surface area (TPSA) is 47.3 Å². The molecule has 1 aliphatic heterocycles. The van der Waals surface area contributed by atoms with Crippen molar-refractivity contribution in [3.8, 4) is 5.75 Å². The van der Waals surface area contributed by atoms with E-state index in [4.69, 9.17) is 10.5 Å². The molecule has 2 aliphatic rings. The van der Waals surface area contributed by atoms with E-state index in [0.29, 0.717) is 0 Å². The van der Waals surface area contributed by atoms with E-state index < -0.39 is 0 Å². The summed E-state index contributed by atoms with van der Waals surface area (Å²) in [7, 11) is 0. The molecular formula is C38H53FN2O. The third kappa shape index (κ3) is 9.64. The van der Waals surface area contributed by atoms with Gasteiger partial charge in [0.2, 0.25) is 0 Å². The monoisotopic (exact) mass is 572 g/mol. The summed E-state index contributed by atoms with van der Waals surface area (Å²) in [5.41, 5.74) is 17.2. The second kappa shape index (κ2) is 17.6. The van der Waals surface area contributed by atoms with E-state index in [1.165, 1.54) is 64.6 Å². The average molecular weight is 573 g/mol. The van der Waals surface area contributed by atoms with Crippen molar-refractivity contribution in [2.45, 2.75) is 92.4 Å². The standard InChI is InChI=1S/C26H26N2O.C8H18.C4H9F/c1-17-5-7-18(8-6-17)26-22(4-2-3-19-15-21(27)10-11-23(19)26)20-9-12-25-24(16-20)28-13-14-29-25;1-4-6-8(3)7-5-2;1-2-3-4-5/h5-12,15-16,28H,2-4,13-14,27H2,1H3;8H,4-7H2,1-3H3;2-4H2,1H3. The quantitative estimate of drug-likeness (QED) is 0.264. The number of unbranched alkanes of at least 4 members (excludes halogenated alkanes) is 1. The molecule has 1 aliphatic carbocycles. The van der Waals surface area contributed by atoms with E-state index in [0.717, 1.165) is 68.3 Å². The van der Waals surface area contributed by atoms with Gasteiger partial charge in [-0.15, -0.1) is 0 Å². The summed E-state index contributed by atoms with van der Waals surface area (Å²) in [4.78, 5) is 0. The Morgan fingerprint density at radius 2 is 1.60 bits per heavy atom. The van der Waals surface area contributed by atoms with Crippen LogP contribution in [0.25, 0.3) is 11.1 Å². The number of fused-ring (bicyclic) bond motifs is 2. The molecule has 3 aromatic carbocycles. The lowest BCUT2D eigenvalue weighted by Crippen LogP contribution is -2.18. The number of nitrogen functional groups attached to an aromatic ring is 1. The van der Waals surface area contributed by atoms with Gasteiger partial charge in [0, 0.05) is 12.2 Å². The number of anilines is 2. The van der Waals surface area contributed by atoms with Gasteiger partial charge in [-0.25, -0.2) is 0 Å². The Labute approximate surface area is 254 Å². The highest BCUT2D eigenvalue weighted by Gasteiger charge is 2.21. The zero-order valence-corrected chi connectivity index (χ0v) is 26.7. The van der Waals surface area contributed by atoms with Crippen molar-refractivity contribution >= 4 is 22.5 Å². The van der Waals surface area contributed by atoms with Crippen LogP contribution in [-0.2, 0) is 6.42 Å². The third-order valence-electron chi connectivity index (χ3n) is 7.97. The van der Waals surface area contributed by atoms with Crippen LogP contribution < -0.4 is 15.8 Å². The maximum absolute atomic E-state index is 11.0. The molecule has 3 aromatic rings. The first-order chi connectivity index (χ1) is 20.4. The molecule has 0 saturated carbocycles. The molecule has 0 spiro atoms. The van der Waals surface area contributed by atoms with Gasteiger partial charge in [-0.2, -0.15) is 0 Å². The summed E-state index contributed by atoms with van der Waals surface area (Å²) in [6, 6.07) is 21.8. The second-order valence-corrected chi connectivity index (χ2v) is 11.7. The highest BCUT2D eigenvalue weighted by atomic mass is 19.1. The van der Waals surface area contributed by atoms with Gasteiger partial charge in [0.05, 0.1) is 12.4 Å². The Morgan fingerprint density at radius 3 is 2.24 bits per heavy atom. The van der Waals surface area contributed by atoms with Crippen molar-refractivity contribution in [3.63, 3.8) is 0 Å². The number of ether oxygens (including phenoxy) is 1. The van der Waals surface area contributed by atoms with Gasteiger partial charge in [0.1, 0.15) is 12.4 Å². The molecule has 0 atom stereocenters. The van der Waals surface area contributed by atoms with E-state index in [1.54, 1.807) is 0 Å². The van der Waals surface area contributed by atoms with Crippen LogP contribution in [-0.4, -0.2) is 19.8 Å². The smallest absolute Gasteiger partial charge is 0.142 e. The number of aryl methyl sites for hydroxylation is 2. The number of benzene rings is 3. The highest BCUT2D eigenvalue weighted by Crippen LogP contribution is 2.42. The fraction of sp³-hybridized carbons (Fsp3) is 0.474. The number of hydrogen-bond donors (Lipinski definition) is 2. The predicted octanol–water partition coefficient (Wildman–Crippen LogP) is 10.7. The van der Waals surface area contributed by atoms with Gasteiger partial charge >= 0.3 is 0 Å². The minimum atomic E-state index is -0.156. The zero-order valence-electron chi connectivity index (χ0n) is 26.7. The lowest BCUT2D eigenvalue weighted by molar-refractivity contribution is 0.323. The molecule has 3 N–H and O–H groups in total.